The molecule has 0 heterocycles. The lowest BCUT2D eigenvalue weighted by molar-refractivity contribution is -0.707. The monoisotopic (exact) mass is 234 g/mol. The van der Waals surface area contributed by atoms with Crippen LogP contribution in [-0.4, -0.2) is 10.9 Å². The summed E-state index contributed by atoms with van der Waals surface area (Å²) in [4.78, 5) is 12.2. The summed E-state index contributed by atoms with van der Waals surface area (Å²) in [5.74, 6) is 0.461. The van der Waals surface area contributed by atoms with Crippen LogP contribution in [0.1, 0.15) is 37.7 Å². The highest BCUT2D eigenvalue weighted by Crippen LogP contribution is 2.27. The van der Waals surface area contributed by atoms with E-state index in [2.05, 4.69) is 5.73 Å². The van der Waals surface area contributed by atoms with Gasteiger partial charge in [0, 0.05) is 17.0 Å². The van der Waals surface area contributed by atoms with Crippen molar-refractivity contribution in [1.82, 2.24) is 0 Å². The van der Waals surface area contributed by atoms with Crippen LogP contribution in [0.15, 0.2) is 24.3 Å². The lowest BCUT2D eigenvalue weighted by Crippen LogP contribution is -2.68. The van der Waals surface area contributed by atoms with Gasteiger partial charge in [0.05, 0.1) is 10.7 Å². The molecule has 3 N–H and O–H groups in total. The van der Waals surface area contributed by atoms with E-state index in [1.807, 2.05) is 31.2 Å². The van der Waals surface area contributed by atoms with Crippen molar-refractivity contribution in [3.05, 3.63) is 34.7 Å². The van der Waals surface area contributed by atoms with Crippen molar-refractivity contribution < 1.29 is 10.5 Å². The third-order valence-electron chi connectivity index (χ3n) is 3.78. The van der Waals surface area contributed by atoms with Gasteiger partial charge in [0.2, 0.25) is 0 Å². The molecule has 0 radical (unpaired) electrons. The fraction of sp³-hybridized carbons (Fsp3) is 0.571. The maximum Gasteiger partial charge on any atom is 0.331 e. The zero-order valence-electron chi connectivity index (χ0n) is 10.6. The molecule has 1 aromatic rings. The molecule has 1 fully saturated rings. The van der Waals surface area contributed by atoms with E-state index in [1.54, 1.807) is 0 Å². The van der Waals surface area contributed by atoms with Crippen LogP contribution < -0.4 is 5.73 Å². The standard InChI is InChI=1S/C14H21N2O/c1-11-7-9-13(10-8-11)16(17)14(15)12-5-3-2-4-6-12/h7-10,12,14H,2-6,15H2,1H3/q+1/p+1. The minimum atomic E-state index is -0.141. The molecule has 0 saturated heterocycles. The summed E-state index contributed by atoms with van der Waals surface area (Å²) in [7, 11) is 0. The van der Waals surface area contributed by atoms with Gasteiger partial charge >= 0.3 is 6.17 Å². The smallest absolute Gasteiger partial charge is 0.296 e. The van der Waals surface area contributed by atoms with E-state index in [0.717, 1.165) is 23.3 Å². The molecule has 2 rings (SSSR count). The Morgan fingerprint density at radius 2 is 1.76 bits per heavy atom. The van der Waals surface area contributed by atoms with Crippen molar-refractivity contribution >= 4 is 5.69 Å². The van der Waals surface area contributed by atoms with E-state index in [0.29, 0.717) is 5.92 Å². The van der Waals surface area contributed by atoms with Gasteiger partial charge in [-0.05, 0) is 19.8 Å². The van der Waals surface area contributed by atoms with Crippen molar-refractivity contribution in [1.29, 1.82) is 0 Å². The van der Waals surface area contributed by atoms with E-state index in [1.165, 1.54) is 24.8 Å². The van der Waals surface area contributed by atoms with Gasteiger partial charge in [0.15, 0.2) is 0 Å². The molecule has 0 amide bonds. The molecule has 92 valence electrons. The number of quaternary nitrogens is 1. The topological polar surface area (TPSA) is 47.7 Å². The van der Waals surface area contributed by atoms with Gasteiger partial charge < -0.3 is 0 Å². The molecule has 3 nitrogen and oxygen atoms in total. The second-order valence-corrected chi connectivity index (χ2v) is 5.13. The Hall–Kier alpha value is -1.22. The first-order valence-electron chi connectivity index (χ1n) is 6.54. The first-order valence-corrected chi connectivity index (χ1v) is 6.54. The summed E-state index contributed by atoms with van der Waals surface area (Å²) in [5.41, 5.74) is 5.99. The van der Waals surface area contributed by atoms with Gasteiger partial charge in [-0.15, -0.1) is 0 Å². The van der Waals surface area contributed by atoms with Crippen molar-refractivity contribution in [2.75, 3.05) is 0 Å². The minimum absolute atomic E-state index is 0.141. The second-order valence-electron chi connectivity index (χ2n) is 5.13. The largest absolute Gasteiger partial charge is 0.331 e. The predicted octanol–water partition coefficient (Wildman–Crippen LogP) is 2.55. The van der Waals surface area contributed by atoms with E-state index in [-0.39, 0.29) is 6.17 Å². The molecular weight excluding hydrogens is 212 g/mol. The maximum atomic E-state index is 12.2. The lowest BCUT2D eigenvalue weighted by Gasteiger charge is -2.19. The number of nitroso groups, excluding NO2 is 1. The predicted molar refractivity (Wildman–Crippen MR) is 67.7 cm³/mol. The normalized spacial score (nSPS) is 18.9. The van der Waals surface area contributed by atoms with Crippen LogP contribution in [0.2, 0.25) is 0 Å². The highest BCUT2D eigenvalue weighted by atomic mass is 16.3. The molecule has 1 aromatic carbocycles. The number of hydrogen-bond donors (Lipinski definition) is 1. The summed E-state index contributed by atoms with van der Waals surface area (Å²) < 4.78 is 1.09. The molecule has 1 aliphatic carbocycles. The number of benzene rings is 1. The quantitative estimate of drug-likeness (QED) is 0.634. The second kappa shape index (κ2) is 5.41. The Morgan fingerprint density at radius 3 is 2.35 bits per heavy atom. The summed E-state index contributed by atoms with van der Waals surface area (Å²) in [5, 5.41) is 0. The number of rotatable bonds is 3. The lowest BCUT2D eigenvalue weighted by atomic mass is 9.87. The zero-order chi connectivity index (χ0) is 12.3. The van der Waals surface area contributed by atoms with E-state index < -0.39 is 0 Å². The van der Waals surface area contributed by atoms with Gasteiger partial charge in [0.25, 0.3) is 5.69 Å². The highest BCUT2D eigenvalue weighted by molar-refractivity contribution is 5.32. The summed E-state index contributed by atoms with van der Waals surface area (Å²) >= 11 is 0. The average molecular weight is 234 g/mol. The summed E-state index contributed by atoms with van der Waals surface area (Å²) in [6, 6.07) is 7.74. The van der Waals surface area contributed by atoms with Gasteiger partial charge in [-0.1, -0.05) is 37.0 Å². The molecule has 3 heteroatoms. The fourth-order valence-electron chi connectivity index (χ4n) is 2.59. The Labute approximate surface area is 103 Å². The summed E-state index contributed by atoms with van der Waals surface area (Å²) in [6.07, 6.45) is 5.97. The summed E-state index contributed by atoms with van der Waals surface area (Å²) in [6.45, 7) is 2.03. The van der Waals surface area contributed by atoms with Crippen molar-refractivity contribution in [2.45, 2.75) is 45.2 Å². The van der Waals surface area contributed by atoms with Crippen LogP contribution in [0, 0.1) is 17.7 Å². The van der Waals surface area contributed by atoms with Crippen LogP contribution in [-0.2, 0) is 0 Å². The first kappa shape index (κ1) is 12.2. The Bertz CT molecular complexity index is 380. The zero-order valence-corrected chi connectivity index (χ0v) is 10.6. The van der Waals surface area contributed by atoms with E-state index in [9.17, 15) is 4.91 Å². The number of hydrogen-bond acceptors (Lipinski definition) is 1. The van der Waals surface area contributed by atoms with Gasteiger partial charge in [-0.2, -0.15) is 0 Å². The van der Waals surface area contributed by atoms with E-state index in [4.69, 9.17) is 0 Å². The fourth-order valence-corrected chi connectivity index (χ4v) is 2.59. The third kappa shape index (κ3) is 2.91. The number of aryl methyl sites for hydroxylation is 1. The van der Waals surface area contributed by atoms with Crippen LogP contribution >= 0.6 is 0 Å². The maximum absolute atomic E-state index is 12.2. The first-order chi connectivity index (χ1) is 8.18. The molecule has 0 aromatic heterocycles. The molecular formula is C14H22N2O+2. The Morgan fingerprint density at radius 1 is 1.18 bits per heavy atom. The highest BCUT2D eigenvalue weighted by Gasteiger charge is 2.36. The van der Waals surface area contributed by atoms with E-state index >= 15 is 0 Å². The minimum Gasteiger partial charge on any atom is -0.296 e. The van der Waals surface area contributed by atoms with Crippen LogP contribution in [0.3, 0.4) is 0 Å². The van der Waals surface area contributed by atoms with Crippen LogP contribution in [0.5, 0.6) is 0 Å². The Balaban J connectivity index is 2.05. The van der Waals surface area contributed by atoms with Gasteiger partial charge in [-0.3, -0.25) is 5.73 Å². The molecule has 1 aliphatic rings. The van der Waals surface area contributed by atoms with Gasteiger partial charge in [0.1, 0.15) is 0 Å². The van der Waals surface area contributed by atoms with Crippen molar-refractivity contribution in [2.24, 2.45) is 5.92 Å². The Kier molecular flexibility index (Phi) is 3.89. The SMILES string of the molecule is Cc1ccc([N+](=O)C([NH3+])C2CCCCC2)cc1. The van der Waals surface area contributed by atoms with Crippen molar-refractivity contribution in [3.8, 4) is 0 Å². The molecule has 1 saturated carbocycles. The molecule has 0 aliphatic heterocycles. The number of nitrogens with zero attached hydrogens (tertiary/aromatic N) is 1. The van der Waals surface area contributed by atoms with Crippen LogP contribution in [0.4, 0.5) is 5.69 Å². The van der Waals surface area contributed by atoms with Gasteiger partial charge in [-0.25, -0.2) is 0 Å². The molecule has 1 atom stereocenters. The molecule has 0 bridgehead atoms. The van der Waals surface area contributed by atoms with Crippen molar-refractivity contribution in [3.63, 3.8) is 0 Å². The molecule has 0 spiro atoms. The average Bonchev–Trinajstić information content (AvgIpc) is 2.39. The molecule has 1 unspecified atom stereocenters. The van der Waals surface area contributed by atoms with Crippen LogP contribution in [0.25, 0.3) is 0 Å². The molecule has 17 heavy (non-hydrogen) atoms. The third-order valence-corrected chi connectivity index (χ3v) is 3.78.